The molecule has 0 radical (unpaired) electrons. The topological polar surface area (TPSA) is 75.6 Å². The largest absolute Gasteiger partial charge is 0.479 e. The molecule has 5 nitrogen and oxygen atoms in total. The molecule has 0 saturated heterocycles. The maximum Gasteiger partial charge on any atom is 0.408 e. The van der Waals surface area contributed by atoms with Crippen LogP contribution in [0, 0.1) is 0 Å². The number of thiophene rings is 1. The molecule has 1 aromatic heterocycles. The molecule has 0 fully saturated rings. The summed E-state index contributed by atoms with van der Waals surface area (Å²) in [6, 6.07) is 18.4. The monoisotopic (exact) mass is 379 g/mol. The van der Waals surface area contributed by atoms with Gasteiger partial charge in [0.05, 0.1) is 0 Å². The number of carbonyl (C=O) groups is 2. The fraction of sp³-hybridized carbons (Fsp3) is 0.143. The van der Waals surface area contributed by atoms with Gasteiger partial charge in [0.1, 0.15) is 6.61 Å². The lowest BCUT2D eigenvalue weighted by molar-refractivity contribution is -0.139. The van der Waals surface area contributed by atoms with Crippen LogP contribution in [0.3, 0.4) is 0 Å². The Hall–Kier alpha value is -3.12. The van der Waals surface area contributed by atoms with E-state index in [-0.39, 0.29) is 12.5 Å². The number of aliphatic carboxylic acids is 1. The summed E-state index contributed by atoms with van der Waals surface area (Å²) < 4.78 is 5.41. The van der Waals surface area contributed by atoms with Gasteiger partial charge in [-0.1, -0.05) is 54.6 Å². The highest BCUT2D eigenvalue weighted by molar-refractivity contribution is 7.10. The summed E-state index contributed by atoms with van der Waals surface area (Å²) in [7, 11) is 0. The first-order valence-electron chi connectivity index (χ1n) is 8.53. The summed E-state index contributed by atoms with van der Waals surface area (Å²) in [5.74, 6) is -1.18. The van der Waals surface area contributed by atoms with Gasteiger partial charge in [0, 0.05) is 10.8 Å². The molecule has 0 unspecified atom stereocenters. The fourth-order valence-electron chi connectivity index (χ4n) is 3.47. The predicted molar refractivity (Wildman–Crippen MR) is 103 cm³/mol. The first-order chi connectivity index (χ1) is 13.1. The van der Waals surface area contributed by atoms with Crippen molar-refractivity contribution in [2.24, 2.45) is 0 Å². The molecular weight excluding hydrogens is 362 g/mol. The SMILES string of the molecule is O=C(N[C@H](C(=O)O)c1cccs1)OCC1c2ccccc2-c2ccccc21. The van der Waals surface area contributed by atoms with Crippen LogP contribution in [0.15, 0.2) is 66.0 Å². The number of alkyl carbamates (subject to hydrolysis) is 1. The summed E-state index contributed by atoms with van der Waals surface area (Å²) >= 11 is 1.28. The van der Waals surface area contributed by atoms with Crippen molar-refractivity contribution in [1.82, 2.24) is 5.32 Å². The third-order valence-electron chi connectivity index (χ3n) is 4.68. The van der Waals surface area contributed by atoms with Crippen LogP contribution in [0.1, 0.15) is 28.0 Å². The zero-order chi connectivity index (χ0) is 18.8. The van der Waals surface area contributed by atoms with E-state index in [9.17, 15) is 14.7 Å². The number of benzene rings is 2. The number of fused-ring (bicyclic) bond motifs is 3. The van der Waals surface area contributed by atoms with Gasteiger partial charge in [0.2, 0.25) is 0 Å². The number of ether oxygens (including phenoxy) is 1. The number of hydrogen-bond acceptors (Lipinski definition) is 4. The van der Waals surface area contributed by atoms with Crippen LogP contribution in [0.5, 0.6) is 0 Å². The van der Waals surface area contributed by atoms with Crippen LogP contribution >= 0.6 is 11.3 Å². The molecule has 1 aliphatic carbocycles. The Balaban J connectivity index is 1.49. The minimum absolute atomic E-state index is 0.0619. The van der Waals surface area contributed by atoms with Crippen LogP contribution in [0.25, 0.3) is 11.1 Å². The number of hydrogen-bond donors (Lipinski definition) is 2. The number of rotatable bonds is 5. The second-order valence-corrected chi connectivity index (χ2v) is 7.24. The zero-order valence-electron chi connectivity index (χ0n) is 14.3. The molecule has 136 valence electrons. The lowest BCUT2D eigenvalue weighted by atomic mass is 9.98. The Labute approximate surface area is 160 Å². The van der Waals surface area contributed by atoms with Crippen molar-refractivity contribution < 1.29 is 19.4 Å². The van der Waals surface area contributed by atoms with Crippen LogP contribution in [0.4, 0.5) is 4.79 Å². The third-order valence-corrected chi connectivity index (χ3v) is 5.62. The van der Waals surface area contributed by atoms with E-state index in [4.69, 9.17) is 4.74 Å². The molecule has 2 N–H and O–H groups in total. The van der Waals surface area contributed by atoms with Gasteiger partial charge >= 0.3 is 12.1 Å². The quantitative estimate of drug-likeness (QED) is 0.688. The first-order valence-corrected chi connectivity index (χ1v) is 9.41. The lowest BCUT2D eigenvalue weighted by Crippen LogP contribution is -2.34. The van der Waals surface area contributed by atoms with Crippen molar-refractivity contribution in [2.45, 2.75) is 12.0 Å². The number of carboxylic acid groups (broad SMARTS) is 1. The maximum absolute atomic E-state index is 12.2. The third kappa shape index (κ3) is 3.31. The van der Waals surface area contributed by atoms with E-state index in [1.54, 1.807) is 17.5 Å². The number of carboxylic acids is 1. The Morgan fingerprint density at radius 1 is 1.00 bits per heavy atom. The van der Waals surface area contributed by atoms with E-state index in [2.05, 4.69) is 17.4 Å². The predicted octanol–water partition coefficient (Wildman–Crippen LogP) is 4.41. The summed E-state index contributed by atoms with van der Waals surface area (Å²) in [6.07, 6.45) is -0.738. The van der Waals surface area contributed by atoms with Crippen LogP contribution in [-0.4, -0.2) is 23.8 Å². The highest BCUT2D eigenvalue weighted by Crippen LogP contribution is 2.44. The minimum Gasteiger partial charge on any atom is -0.479 e. The Morgan fingerprint density at radius 3 is 2.19 bits per heavy atom. The molecule has 0 saturated carbocycles. The molecular formula is C21H17NO4S. The zero-order valence-corrected chi connectivity index (χ0v) is 15.1. The van der Waals surface area contributed by atoms with Crippen molar-refractivity contribution in [3.05, 3.63) is 82.0 Å². The molecule has 3 aromatic rings. The number of nitrogens with one attached hydrogen (secondary N) is 1. The molecule has 0 aliphatic heterocycles. The van der Waals surface area contributed by atoms with Gasteiger partial charge < -0.3 is 15.2 Å². The molecule has 1 heterocycles. The summed E-state index contributed by atoms with van der Waals surface area (Å²) in [5, 5.41) is 13.6. The Kier molecular flexibility index (Phi) is 4.64. The molecule has 1 atom stereocenters. The molecule has 6 heteroatoms. The smallest absolute Gasteiger partial charge is 0.408 e. The van der Waals surface area contributed by atoms with Crippen LogP contribution in [-0.2, 0) is 9.53 Å². The van der Waals surface area contributed by atoms with Crippen molar-refractivity contribution in [3.8, 4) is 11.1 Å². The summed E-state index contributed by atoms with van der Waals surface area (Å²) in [4.78, 5) is 24.3. The van der Waals surface area contributed by atoms with Gasteiger partial charge in [-0.15, -0.1) is 11.3 Å². The van der Waals surface area contributed by atoms with E-state index in [0.29, 0.717) is 4.88 Å². The Morgan fingerprint density at radius 2 is 1.63 bits per heavy atom. The number of amides is 1. The van der Waals surface area contributed by atoms with E-state index < -0.39 is 18.1 Å². The average Bonchev–Trinajstić information content (AvgIpc) is 3.31. The normalized spacial score (nSPS) is 13.5. The molecule has 1 aliphatic rings. The highest BCUT2D eigenvalue weighted by Gasteiger charge is 2.30. The Bertz CT molecular complexity index is 938. The van der Waals surface area contributed by atoms with Gasteiger partial charge in [0.25, 0.3) is 0 Å². The summed E-state index contributed by atoms with van der Waals surface area (Å²) in [5.41, 5.74) is 4.51. The van der Waals surface area contributed by atoms with Gasteiger partial charge in [-0.3, -0.25) is 0 Å². The molecule has 0 bridgehead atoms. The molecule has 2 aromatic carbocycles. The summed E-state index contributed by atoms with van der Waals surface area (Å²) in [6.45, 7) is 0.149. The van der Waals surface area contributed by atoms with Crippen molar-refractivity contribution in [3.63, 3.8) is 0 Å². The van der Waals surface area contributed by atoms with Crippen LogP contribution in [0.2, 0.25) is 0 Å². The molecule has 0 spiro atoms. The second-order valence-electron chi connectivity index (χ2n) is 6.26. The molecule has 27 heavy (non-hydrogen) atoms. The van der Waals surface area contributed by atoms with Crippen molar-refractivity contribution >= 4 is 23.4 Å². The second kappa shape index (κ2) is 7.25. The maximum atomic E-state index is 12.2. The van der Waals surface area contributed by atoms with E-state index in [0.717, 1.165) is 22.3 Å². The average molecular weight is 379 g/mol. The van der Waals surface area contributed by atoms with Gasteiger partial charge in [-0.05, 0) is 33.7 Å². The van der Waals surface area contributed by atoms with Gasteiger partial charge in [0.15, 0.2) is 6.04 Å². The lowest BCUT2D eigenvalue weighted by Gasteiger charge is -2.16. The highest BCUT2D eigenvalue weighted by atomic mass is 32.1. The van der Waals surface area contributed by atoms with E-state index in [1.165, 1.54) is 11.3 Å². The van der Waals surface area contributed by atoms with Crippen molar-refractivity contribution in [1.29, 1.82) is 0 Å². The van der Waals surface area contributed by atoms with Crippen LogP contribution < -0.4 is 5.32 Å². The number of carbonyl (C=O) groups excluding carboxylic acids is 1. The molecule has 4 rings (SSSR count). The molecule has 1 amide bonds. The fourth-order valence-corrected chi connectivity index (χ4v) is 4.24. The standard InChI is InChI=1S/C21H17NO4S/c23-20(24)19(18-10-5-11-27-18)22-21(25)26-12-17-15-8-3-1-6-13(15)14-7-2-4-9-16(14)17/h1-11,17,19H,12H2,(H,22,25)(H,23,24)/t19-/m0/s1. The minimum atomic E-state index is -1.12. The van der Waals surface area contributed by atoms with Crippen molar-refractivity contribution in [2.75, 3.05) is 6.61 Å². The van der Waals surface area contributed by atoms with E-state index >= 15 is 0 Å². The van der Waals surface area contributed by atoms with Gasteiger partial charge in [-0.2, -0.15) is 0 Å². The van der Waals surface area contributed by atoms with Gasteiger partial charge in [-0.25, -0.2) is 9.59 Å². The van der Waals surface area contributed by atoms with E-state index in [1.807, 2.05) is 36.4 Å². The first kappa shape index (κ1) is 17.3.